The maximum Gasteiger partial charge on any atom is 0.334 e. The van der Waals surface area contributed by atoms with E-state index < -0.39 is 0 Å². The Morgan fingerprint density at radius 1 is 1.22 bits per heavy atom. The molecular formula is C15H18O3. The van der Waals surface area contributed by atoms with E-state index in [4.69, 9.17) is 4.74 Å². The van der Waals surface area contributed by atoms with Gasteiger partial charge in [0, 0.05) is 17.4 Å². The Balaban J connectivity index is 1.96. The molecule has 2 fully saturated rings. The van der Waals surface area contributed by atoms with Crippen LogP contribution < -0.4 is 0 Å². The van der Waals surface area contributed by atoms with Crippen molar-refractivity contribution in [1.82, 2.24) is 0 Å². The van der Waals surface area contributed by atoms with Crippen LogP contribution in [-0.4, -0.2) is 17.9 Å². The highest BCUT2D eigenvalue weighted by Crippen LogP contribution is 2.48. The standard InChI is InChI=1S/C15H18O3/c1-7-4-14-12(9(3)15(17)18-14)5-11-8(2)13(16)6-10(7)11/h6-8,11-12,14H,3-5H2,1-2H3/t7-,8+,11-,12-,14-/m0/s1. The number of hydrogen-bond donors (Lipinski definition) is 0. The average molecular weight is 246 g/mol. The van der Waals surface area contributed by atoms with E-state index in [9.17, 15) is 9.59 Å². The van der Waals surface area contributed by atoms with Gasteiger partial charge in [0.2, 0.25) is 0 Å². The summed E-state index contributed by atoms with van der Waals surface area (Å²) in [6.07, 6.45) is 3.44. The monoisotopic (exact) mass is 246 g/mol. The third kappa shape index (κ3) is 1.49. The Kier molecular flexibility index (Phi) is 2.47. The quantitative estimate of drug-likeness (QED) is 0.486. The predicted octanol–water partition coefficient (Wildman–Crippen LogP) is 2.28. The third-order valence-corrected chi connectivity index (χ3v) is 4.87. The van der Waals surface area contributed by atoms with Gasteiger partial charge in [-0.3, -0.25) is 4.79 Å². The van der Waals surface area contributed by atoms with Gasteiger partial charge in [-0.05, 0) is 30.8 Å². The molecule has 0 unspecified atom stereocenters. The molecule has 3 rings (SSSR count). The van der Waals surface area contributed by atoms with Crippen molar-refractivity contribution >= 4 is 11.8 Å². The highest BCUT2D eigenvalue weighted by atomic mass is 16.6. The summed E-state index contributed by atoms with van der Waals surface area (Å²) in [5.74, 6) is 0.720. The Hall–Kier alpha value is -1.38. The van der Waals surface area contributed by atoms with Gasteiger partial charge in [0.15, 0.2) is 5.78 Å². The molecule has 1 heterocycles. The molecule has 1 saturated heterocycles. The Labute approximate surface area is 107 Å². The summed E-state index contributed by atoms with van der Waals surface area (Å²) < 4.78 is 5.40. The van der Waals surface area contributed by atoms with E-state index in [1.54, 1.807) is 0 Å². The molecule has 0 amide bonds. The van der Waals surface area contributed by atoms with E-state index in [1.165, 1.54) is 5.57 Å². The van der Waals surface area contributed by atoms with Crippen molar-refractivity contribution in [3.05, 3.63) is 23.8 Å². The molecule has 0 radical (unpaired) electrons. The zero-order valence-electron chi connectivity index (χ0n) is 10.8. The summed E-state index contributed by atoms with van der Waals surface area (Å²) in [5, 5.41) is 0. The fourth-order valence-electron chi connectivity index (χ4n) is 3.67. The van der Waals surface area contributed by atoms with Crippen molar-refractivity contribution in [3.63, 3.8) is 0 Å². The third-order valence-electron chi connectivity index (χ3n) is 4.87. The minimum Gasteiger partial charge on any atom is -0.458 e. The minimum atomic E-state index is -0.249. The molecule has 5 atom stereocenters. The van der Waals surface area contributed by atoms with Crippen LogP contribution in [0.15, 0.2) is 23.8 Å². The molecule has 18 heavy (non-hydrogen) atoms. The first-order valence-corrected chi connectivity index (χ1v) is 6.64. The van der Waals surface area contributed by atoms with E-state index in [-0.39, 0.29) is 35.6 Å². The van der Waals surface area contributed by atoms with E-state index in [0.717, 1.165) is 12.8 Å². The number of ketones is 1. The maximum atomic E-state index is 11.8. The first kappa shape index (κ1) is 11.7. The summed E-state index contributed by atoms with van der Waals surface area (Å²) in [6.45, 7) is 7.98. The Bertz CT molecular complexity index is 474. The number of carbonyl (C=O) groups is 2. The first-order valence-electron chi connectivity index (χ1n) is 6.64. The minimum absolute atomic E-state index is 0.0335. The van der Waals surface area contributed by atoms with Crippen LogP contribution in [0.2, 0.25) is 0 Å². The topological polar surface area (TPSA) is 43.4 Å². The van der Waals surface area contributed by atoms with Crippen LogP contribution in [0.3, 0.4) is 0 Å². The van der Waals surface area contributed by atoms with Crippen LogP contribution >= 0.6 is 0 Å². The van der Waals surface area contributed by atoms with E-state index in [1.807, 2.05) is 13.0 Å². The zero-order chi connectivity index (χ0) is 13.0. The van der Waals surface area contributed by atoms with Crippen molar-refractivity contribution in [2.75, 3.05) is 0 Å². The maximum absolute atomic E-state index is 11.8. The number of carbonyl (C=O) groups excluding carboxylic acids is 2. The summed E-state index contributed by atoms with van der Waals surface area (Å²) in [5.41, 5.74) is 1.85. The normalized spacial score (nSPS) is 43.1. The van der Waals surface area contributed by atoms with Gasteiger partial charge in [-0.15, -0.1) is 0 Å². The summed E-state index contributed by atoms with van der Waals surface area (Å²) in [6, 6.07) is 0. The lowest BCUT2D eigenvalue weighted by Gasteiger charge is -2.21. The molecule has 0 N–H and O–H groups in total. The fourth-order valence-corrected chi connectivity index (χ4v) is 3.67. The van der Waals surface area contributed by atoms with Gasteiger partial charge in [0.1, 0.15) is 6.10 Å². The van der Waals surface area contributed by atoms with Crippen LogP contribution in [-0.2, 0) is 14.3 Å². The van der Waals surface area contributed by atoms with Gasteiger partial charge in [-0.25, -0.2) is 4.79 Å². The molecule has 3 heteroatoms. The molecule has 0 bridgehead atoms. The van der Waals surface area contributed by atoms with Crippen molar-refractivity contribution in [2.24, 2.45) is 23.7 Å². The predicted molar refractivity (Wildman–Crippen MR) is 66.7 cm³/mol. The van der Waals surface area contributed by atoms with Crippen molar-refractivity contribution in [3.8, 4) is 0 Å². The lowest BCUT2D eigenvalue weighted by Crippen LogP contribution is -2.20. The van der Waals surface area contributed by atoms with Gasteiger partial charge in [-0.2, -0.15) is 0 Å². The number of rotatable bonds is 0. The molecule has 0 aromatic rings. The highest BCUT2D eigenvalue weighted by Gasteiger charge is 2.47. The molecule has 0 aromatic heterocycles. The van der Waals surface area contributed by atoms with Crippen molar-refractivity contribution < 1.29 is 14.3 Å². The van der Waals surface area contributed by atoms with Crippen LogP contribution in [0.4, 0.5) is 0 Å². The molecule has 2 aliphatic carbocycles. The Morgan fingerprint density at radius 3 is 2.67 bits per heavy atom. The summed E-state index contributed by atoms with van der Waals surface area (Å²) in [7, 11) is 0. The molecule has 1 aliphatic heterocycles. The number of esters is 1. The molecule has 3 aliphatic rings. The molecule has 0 spiro atoms. The molecular weight excluding hydrogens is 228 g/mol. The second-order valence-electron chi connectivity index (χ2n) is 5.89. The lowest BCUT2D eigenvalue weighted by molar-refractivity contribution is -0.139. The zero-order valence-corrected chi connectivity index (χ0v) is 10.8. The summed E-state index contributed by atoms with van der Waals surface area (Å²) in [4.78, 5) is 23.4. The molecule has 1 saturated carbocycles. The number of hydrogen-bond acceptors (Lipinski definition) is 3. The molecule has 3 nitrogen and oxygen atoms in total. The molecule has 0 aromatic carbocycles. The largest absolute Gasteiger partial charge is 0.458 e. The van der Waals surface area contributed by atoms with Gasteiger partial charge in [0.05, 0.1) is 0 Å². The van der Waals surface area contributed by atoms with Crippen LogP contribution in [0.1, 0.15) is 26.7 Å². The lowest BCUT2D eigenvalue weighted by atomic mass is 9.81. The highest BCUT2D eigenvalue weighted by molar-refractivity contribution is 5.96. The van der Waals surface area contributed by atoms with Crippen LogP contribution in [0.5, 0.6) is 0 Å². The van der Waals surface area contributed by atoms with Crippen molar-refractivity contribution in [2.45, 2.75) is 32.8 Å². The number of fused-ring (bicyclic) bond motifs is 2. The fraction of sp³-hybridized carbons (Fsp3) is 0.600. The van der Waals surface area contributed by atoms with Crippen LogP contribution in [0, 0.1) is 23.7 Å². The van der Waals surface area contributed by atoms with Crippen LogP contribution in [0.25, 0.3) is 0 Å². The van der Waals surface area contributed by atoms with Crippen molar-refractivity contribution in [1.29, 1.82) is 0 Å². The number of allylic oxidation sites excluding steroid dienone is 2. The van der Waals surface area contributed by atoms with E-state index >= 15 is 0 Å². The Morgan fingerprint density at radius 2 is 1.94 bits per heavy atom. The van der Waals surface area contributed by atoms with Gasteiger partial charge < -0.3 is 4.74 Å². The average Bonchev–Trinajstić information content (AvgIpc) is 2.68. The van der Waals surface area contributed by atoms with Gasteiger partial charge in [0.25, 0.3) is 0 Å². The van der Waals surface area contributed by atoms with E-state index in [0.29, 0.717) is 11.5 Å². The SMILES string of the molecule is C=C1C(=O)O[C@H]2C[C@H](C)C3=CC(=O)[C@H](C)[C@@H]3C[C@@H]12. The van der Waals surface area contributed by atoms with Gasteiger partial charge >= 0.3 is 5.97 Å². The second kappa shape index (κ2) is 3.81. The van der Waals surface area contributed by atoms with E-state index in [2.05, 4.69) is 13.5 Å². The smallest absolute Gasteiger partial charge is 0.334 e. The summed E-state index contributed by atoms with van der Waals surface area (Å²) >= 11 is 0. The van der Waals surface area contributed by atoms with Gasteiger partial charge in [-0.1, -0.05) is 26.0 Å². The first-order chi connectivity index (χ1) is 8.49. The molecule has 96 valence electrons. The number of ether oxygens (including phenoxy) is 1. The second-order valence-corrected chi connectivity index (χ2v) is 5.89.